The van der Waals surface area contributed by atoms with Gasteiger partial charge < -0.3 is 9.55 Å². The van der Waals surface area contributed by atoms with Gasteiger partial charge >= 0.3 is 0 Å². The highest BCUT2D eigenvalue weighted by Crippen LogP contribution is 2.18. The van der Waals surface area contributed by atoms with Crippen molar-refractivity contribution in [1.29, 1.82) is 5.26 Å². The van der Waals surface area contributed by atoms with Crippen molar-refractivity contribution in [2.75, 3.05) is 0 Å². The Balaban J connectivity index is 2.16. The van der Waals surface area contributed by atoms with Gasteiger partial charge in [0.15, 0.2) is 4.77 Å². The predicted octanol–water partition coefficient (Wildman–Crippen LogP) is 3.32. The smallest absolute Gasteiger partial charge is 0.178 e. The first kappa shape index (κ1) is 12.6. The van der Waals surface area contributed by atoms with Crippen LogP contribution in [0.5, 0.6) is 0 Å². The summed E-state index contributed by atoms with van der Waals surface area (Å²) >= 11 is 5.37. The molecule has 0 spiro atoms. The molecule has 0 unspecified atom stereocenters. The number of imidazole rings is 1. The number of benzene rings is 1. The third-order valence-electron chi connectivity index (χ3n) is 3.33. The van der Waals surface area contributed by atoms with E-state index in [1.54, 1.807) is 12.3 Å². The van der Waals surface area contributed by atoms with Gasteiger partial charge in [-0.25, -0.2) is 0 Å². The van der Waals surface area contributed by atoms with Crippen LogP contribution >= 0.6 is 12.2 Å². The van der Waals surface area contributed by atoms with Crippen LogP contribution < -0.4 is 0 Å². The van der Waals surface area contributed by atoms with Crippen LogP contribution in [0.25, 0.3) is 11.0 Å². The van der Waals surface area contributed by atoms with Crippen molar-refractivity contribution in [3.05, 3.63) is 58.1 Å². The van der Waals surface area contributed by atoms with E-state index >= 15 is 0 Å². The number of nitrogens with zero attached hydrogens (tertiary/aromatic N) is 3. The van der Waals surface area contributed by atoms with Crippen molar-refractivity contribution in [2.45, 2.75) is 13.5 Å². The lowest BCUT2D eigenvalue weighted by molar-refractivity contribution is 0.778. The molecule has 20 heavy (non-hydrogen) atoms. The van der Waals surface area contributed by atoms with E-state index in [1.165, 1.54) is 0 Å². The molecular formula is C15H12N4S. The van der Waals surface area contributed by atoms with Gasteiger partial charge in [0.25, 0.3) is 0 Å². The van der Waals surface area contributed by atoms with Crippen LogP contribution in [-0.2, 0) is 6.54 Å². The van der Waals surface area contributed by atoms with Crippen LogP contribution in [0, 0.1) is 23.0 Å². The lowest BCUT2D eigenvalue weighted by Gasteiger charge is -2.06. The maximum Gasteiger partial charge on any atom is 0.178 e. The fourth-order valence-electron chi connectivity index (χ4n) is 2.21. The van der Waals surface area contributed by atoms with Crippen LogP contribution in [0.4, 0.5) is 0 Å². The molecule has 1 N–H and O–H groups in total. The molecule has 5 heteroatoms. The Kier molecular flexibility index (Phi) is 3.09. The Morgan fingerprint density at radius 3 is 3.00 bits per heavy atom. The first-order chi connectivity index (χ1) is 9.69. The van der Waals surface area contributed by atoms with Crippen LogP contribution in [0.15, 0.2) is 36.5 Å². The van der Waals surface area contributed by atoms with Gasteiger partial charge in [-0.05, 0) is 49.0 Å². The number of rotatable bonds is 2. The topological polar surface area (TPSA) is 57.4 Å². The number of aromatic amines is 1. The highest BCUT2D eigenvalue weighted by Gasteiger charge is 2.08. The molecule has 4 nitrogen and oxygen atoms in total. The molecule has 0 amide bonds. The minimum atomic E-state index is 0.598. The molecule has 0 saturated heterocycles. The quantitative estimate of drug-likeness (QED) is 0.733. The summed E-state index contributed by atoms with van der Waals surface area (Å²) in [4.78, 5) is 7.56. The Labute approximate surface area is 121 Å². The molecule has 2 aromatic heterocycles. The van der Waals surface area contributed by atoms with Gasteiger partial charge in [0.1, 0.15) is 0 Å². The van der Waals surface area contributed by atoms with Crippen LogP contribution in [0.1, 0.15) is 16.8 Å². The normalized spacial score (nSPS) is 10.6. The monoisotopic (exact) mass is 280 g/mol. The Morgan fingerprint density at radius 1 is 1.40 bits per heavy atom. The minimum absolute atomic E-state index is 0.598. The lowest BCUT2D eigenvalue weighted by Crippen LogP contribution is -2.03. The number of nitriles is 1. The molecule has 0 fully saturated rings. The standard InChI is InChI=1S/C15H12N4S/c1-10-3-2-6-17-13(10)9-19-14-7-11(8-16)4-5-12(14)18-15(19)20/h2-7H,9H2,1H3,(H,18,20). The summed E-state index contributed by atoms with van der Waals surface area (Å²) in [6.07, 6.45) is 1.78. The summed E-state index contributed by atoms with van der Waals surface area (Å²) in [5, 5.41) is 9.02. The van der Waals surface area contributed by atoms with E-state index in [2.05, 4.69) is 16.0 Å². The van der Waals surface area contributed by atoms with Crippen molar-refractivity contribution >= 4 is 23.3 Å². The summed E-state index contributed by atoms with van der Waals surface area (Å²) in [5.74, 6) is 0. The summed E-state index contributed by atoms with van der Waals surface area (Å²) < 4.78 is 2.61. The third kappa shape index (κ3) is 2.10. The second-order valence-electron chi connectivity index (χ2n) is 4.63. The number of pyridine rings is 1. The largest absolute Gasteiger partial charge is 0.331 e. The van der Waals surface area contributed by atoms with Gasteiger partial charge in [-0.3, -0.25) is 4.98 Å². The number of H-pyrrole nitrogens is 1. The lowest BCUT2D eigenvalue weighted by atomic mass is 10.2. The molecule has 1 aromatic carbocycles. The highest BCUT2D eigenvalue weighted by atomic mass is 32.1. The molecule has 0 aliphatic carbocycles. The van der Waals surface area contributed by atoms with Crippen molar-refractivity contribution in [3.8, 4) is 6.07 Å². The molecule has 3 aromatic rings. The first-order valence-corrected chi connectivity index (χ1v) is 6.63. The molecule has 0 saturated carbocycles. The van der Waals surface area contributed by atoms with Gasteiger partial charge in [0, 0.05) is 6.20 Å². The Morgan fingerprint density at radius 2 is 2.25 bits per heavy atom. The fraction of sp³-hybridized carbons (Fsp3) is 0.133. The van der Waals surface area contributed by atoms with Crippen LogP contribution in [0.2, 0.25) is 0 Å². The van der Waals surface area contributed by atoms with E-state index in [-0.39, 0.29) is 0 Å². The van der Waals surface area contributed by atoms with Crippen LogP contribution in [0.3, 0.4) is 0 Å². The number of aromatic nitrogens is 3. The summed E-state index contributed by atoms with van der Waals surface area (Å²) in [5.41, 5.74) is 4.59. The van der Waals surface area contributed by atoms with E-state index in [4.69, 9.17) is 17.5 Å². The van der Waals surface area contributed by atoms with E-state index in [0.717, 1.165) is 22.3 Å². The maximum atomic E-state index is 9.02. The average Bonchev–Trinajstić information content (AvgIpc) is 2.77. The molecule has 0 radical (unpaired) electrons. The SMILES string of the molecule is Cc1cccnc1Cn1c(=S)[nH]c2ccc(C#N)cc21. The zero-order valence-electron chi connectivity index (χ0n) is 10.9. The zero-order valence-corrected chi connectivity index (χ0v) is 11.7. The van der Waals surface area contributed by atoms with E-state index < -0.39 is 0 Å². The zero-order chi connectivity index (χ0) is 14.1. The van der Waals surface area contributed by atoms with Crippen LogP contribution in [-0.4, -0.2) is 14.5 Å². The molecule has 0 aliphatic rings. The summed E-state index contributed by atoms with van der Waals surface area (Å²) in [7, 11) is 0. The predicted molar refractivity (Wildman–Crippen MR) is 79.9 cm³/mol. The van der Waals surface area contributed by atoms with E-state index in [9.17, 15) is 0 Å². The van der Waals surface area contributed by atoms with Crippen molar-refractivity contribution < 1.29 is 0 Å². The molecule has 0 atom stereocenters. The average molecular weight is 280 g/mol. The van der Waals surface area contributed by atoms with Gasteiger partial charge in [0.05, 0.1) is 34.9 Å². The maximum absolute atomic E-state index is 9.02. The van der Waals surface area contributed by atoms with Gasteiger partial charge in [-0.2, -0.15) is 5.26 Å². The van der Waals surface area contributed by atoms with E-state index in [1.807, 2.05) is 35.8 Å². The fourth-order valence-corrected chi connectivity index (χ4v) is 2.49. The molecular weight excluding hydrogens is 268 g/mol. The second kappa shape index (κ2) is 4.91. The van der Waals surface area contributed by atoms with Gasteiger partial charge in [-0.1, -0.05) is 6.07 Å². The second-order valence-corrected chi connectivity index (χ2v) is 5.01. The number of nitrogens with one attached hydrogen (secondary N) is 1. The number of fused-ring (bicyclic) bond motifs is 1. The summed E-state index contributed by atoms with van der Waals surface area (Å²) in [6, 6.07) is 11.6. The van der Waals surface area contributed by atoms with E-state index in [0.29, 0.717) is 16.9 Å². The molecule has 0 aliphatic heterocycles. The van der Waals surface area contributed by atoms with Crippen molar-refractivity contribution in [1.82, 2.24) is 14.5 Å². The molecule has 3 rings (SSSR count). The number of hydrogen-bond donors (Lipinski definition) is 1. The molecule has 98 valence electrons. The van der Waals surface area contributed by atoms with Gasteiger partial charge in [0.2, 0.25) is 0 Å². The first-order valence-electron chi connectivity index (χ1n) is 6.22. The van der Waals surface area contributed by atoms with Crippen molar-refractivity contribution in [2.24, 2.45) is 0 Å². The summed E-state index contributed by atoms with van der Waals surface area (Å²) in [6.45, 7) is 2.63. The van der Waals surface area contributed by atoms with Gasteiger partial charge in [-0.15, -0.1) is 0 Å². The number of hydrogen-bond acceptors (Lipinski definition) is 3. The Bertz CT molecular complexity index is 883. The number of aryl methyl sites for hydroxylation is 1. The molecule has 2 heterocycles. The van der Waals surface area contributed by atoms with Crippen molar-refractivity contribution in [3.63, 3.8) is 0 Å². The minimum Gasteiger partial charge on any atom is -0.331 e. The Hall–Kier alpha value is -2.45. The highest BCUT2D eigenvalue weighted by molar-refractivity contribution is 7.71. The molecule has 0 bridgehead atoms. The third-order valence-corrected chi connectivity index (χ3v) is 3.65.